The van der Waals surface area contributed by atoms with Crippen LogP contribution < -0.4 is 5.32 Å². The maximum absolute atomic E-state index is 10.6. The Morgan fingerprint density at radius 1 is 1.43 bits per heavy atom. The second-order valence-electron chi connectivity index (χ2n) is 3.45. The fourth-order valence-corrected chi connectivity index (χ4v) is 1.05. The molecule has 0 saturated heterocycles. The second-order valence-corrected chi connectivity index (χ2v) is 3.45. The predicted molar refractivity (Wildman–Crippen MR) is 61.1 cm³/mol. The van der Waals surface area contributed by atoms with E-state index in [0.29, 0.717) is 6.54 Å². The summed E-state index contributed by atoms with van der Waals surface area (Å²) in [5, 5.41) is 2.75. The average molecular weight is 195 g/mol. The van der Waals surface area contributed by atoms with Crippen molar-refractivity contribution in [1.29, 1.82) is 0 Å². The van der Waals surface area contributed by atoms with Gasteiger partial charge in [-0.15, -0.1) is 0 Å². The fraction of sp³-hybridized carbons (Fsp3) is 0.583. The maximum atomic E-state index is 10.6. The van der Waals surface area contributed by atoms with E-state index in [4.69, 9.17) is 0 Å². The van der Waals surface area contributed by atoms with Gasteiger partial charge in [0.2, 0.25) is 5.91 Å². The molecule has 2 heteroatoms. The number of hydrogen-bond donors (Lipinski definition) is 1. The first-order chi connectivity index (χ1) is 6.66. The number of unbranched alkanes of at least 4 members (excludes halogenated alkanes) is 1. The summed E-state index contributed by atoms with van der Waals surface area (Å²) in [6.45, 7) is 8.35. The zero-order chi connectivity index (χ0) is 10.8. The lowest BCUT2D eigenvalue weighted by molar-refractivity contribution is -0.118. The van der Waals surface area contributed by atoms with Gasteiger partial charge in [-0.1, -0.05) is 37.6 Å². The van der Waals surface area contributed by atoms with Crippen LogP contribution in [0.4, 0.5) is 0 Å². The summed E-state index contributed by atoms with van der Waals surface area (Å²) in [4.78, 5) is 10.6. The first-order valence-corrected chi connectivity index (χ1v) is 5.23. The van der Waals surface area contributed by atoms with Crippen LogP contribution in [-0.2, 0) is 4.79 Å². The number of allylic oxidation sites excluding steroid dienone is 2. The lowest BCUT2D eigenvalue weighted by Crippen LogP contribution is -2.21. The number of nitrogens with one attached hydrogen (secondary N) is 1. The Morgan fingerprint density at radius 2 is 2.14 bits per heavy atom. The summed E-state index contributed by atoms with van der Waals surface area (Å²) in [6.07, 6.45) is 8.46. The average Bonchev–Trinajstić information content (AvgIpc) is 2.12. The molecule has 0 saturated carbocycles. The molecule has 0 aliphatic heterocycles. The number of rotatable bonds is 7. The molecule has 0 aliphatic rings. The molecule has 0 spiro atoms. The third-order valence-electron chi connectivity index (χ3n) is 1.88. The van der Waals surface area contributed by atoms with Gasteiger partial charge < -0.3 is 5.32 Å². The molecule has 1 amide bonds. The zero-order valence-corrected chi connectivity index (χ0v) is 9.31. The third-order valence-corrected chi connectivity index (χ3v) is 1.88. The molecule has 0 unspecified atom stereocenters. The topological polar surface area (TPSA) is 29.1 Å². The Kier molecular flexibility index (Phi) is 7.90. The summed E-state index contributed by atoms with van der Waals surface area (Å²) in [6, 6.07) is 0. The number of carbonyl (C=O) groups is 1. The molecule has 0 aromatic carbocycles. The van der Waals surface area contributed by atoms with Gasteiger partial charge in [0.15, 0.2) is 0 Å². The van der Waals surface area contributed by atoms with Gasteiger partial charge >= 0.3 is 0 Å². The normalized spacial score (nSPS) is 10.4. The SMILES string of the molecule is C=C(C/C=C\CCC)CCNC(C)=O. The summed E-state index contributed by atoms with van der Waals surface area (Å²) in [7, 11) is 0. The van der Waals surface area contributed by atoms with Crippen molar-refractivity contribution in [3.8, 4) is 0 Å². The molecule has 0 fully saturated rings. The van der Waals surface area contributed by atoms with Crippen molar-refractivity contribution in [1.82, 2.24) is 5.32 Å². The molecule has 0 aliphatic carbocycles. The van der Waals surface area contributed by atoms with Crippen LogP contribution in [0.2, 0.25) is 0 Å². The van der Waals surface area contributed by atoms with E-state index in [-0.39, 0.29) is 5.91 Å². The molecule has 1 N–H and O–H groups in total. The second kappa shape index (κ2) is 8.54. The molecule has 80 valence electrons. The highest BCUT2D eigenvalue weighted by atomic mass is 16.1. The predicted octanol–water partition coefficient (Wildman–Crippen LogP) is 2.82. The van der Waals surface area contributed by atoms with Crippen LogP contribution in [0.3, 0.4) is 0 Å². The zero-order valence-electron chi connectivity index (χ0n) is 9.31. The van der Waals surface area contributed by atoms with E-state index in [9.17, 15) is 4.79 Å². The fourth-order valence-electron chi connectivity index (χ4n) is 1.05. The van der Waals surface area contributed by atoms with Crippen LogP contribution in [-0.4, -0.2) is 12.5 Å². The maximum Gasteiger partial charge on any atom is 0.216 e. The van der Waals surface area contributed by atoms with Crippen LogP contribution in [0, 0.1) is 0 Å². The molecular weight excluding hydrogens is 174 g/mol. The number of carbonyl (C=O) groups excluding carboxylic acids is 1. The van der Waals surface area contributed by atoms with Crippen molar-refractivity contribution in [3.63, 3.8) is 0 Å². The van der Waals surface area contributed by atoms with E-state index in [1.165, 1.54) is 18.9 Å². The van der Waals surface area contributed by atoms with E-state index in [1.54, 1.807) is 0 Å². The van der Waals surface area contributed by atoms with Gasteiger partial charge in [0.25, 0.3) is 0 Å². The Hall–Kier alpha value is -1.05. The van der Waals surface area contributed by atoms with Crippen molar-refractivity contribution in [2.45, 2.75) is 39.5 Å². The minimum Gasteiger partial charge on any atom is -0.356 e. The molecule has 0 bridgehead atoms. The molecule has 0 heterocycles. The van der Waals surface area contributed by atoms with E-state index in [2.05, 4.69) is 31.0 Å². The van der Waals surface area contributed by atoms with Crippen LogP contribution >= 0.6 is 0 Å². The molecule has 0 aromatic rings. The van der Waals surface area contributed by atoms with E-state index in [0.717, 1.165) is 19.3 Å². The van der Waals surface area contributed by atoms with Crippen LogP contribution in [0.15, 0.2) is 24.3 Å². The quantitative estimate of drug-likeness (QED) is 0.622. The van der Waals surface area contributed by atoms with Crippen molar-refractivity contribution in [3.05, 3.63) is 24.3 Å². The summed E-state index contributed by atoms with van der Waals surface area (Å²) >= 11 is 0. The summed E-state index contributed by atoms with van der Waals surface area (Å²) in [5.74, 6) is 0.0272. The van der Waals surface area contributed by atoms with E-state index >= 15 is 0 Å². The van der Waals surface area contributed by atoms with E-state index < -0.39 is 0 Å². The summed E-state index contributed by atoms with van der Waals surface area (Å²) < 4.78 is 0. The van der Waals surface area contributed by atoms with Gasteiger partial charge in [0, 0.05) is 13.5 Å². The lowest BCUT2D eigenvalue weighted by atomic mass is 10.1. The highest BCUT2D eigenvalue weighted by Gasteiger charge is 1.93. The van der Waals surface area contributed by atoms with Gasteiger partial charge in [-0.05, 0) is 19.3 Å². The molecule has 14 heavy (non-hydrogen) atoms. The molecule has 0 rings (SSSR count). The van der Waals surface area contributed by atoms with Crippen LogP contribution in [0.5, 0.6) is 0 Å². The Bertz CT molecular complexity index is 206. The minimum absolute atomic E-state index is 0.0272. The van der Waals surface area contributed by atoms with Gasteiger partial charge in [0.05, 0.1) is 0 Å². The lowest BCUT2D eigenvalue weighted by Gasteiger charge is -2.03. The van der Waals surface area contributed by atoms with Gasteiger partial charge in [-0.2, -0.15) is 0 Å². The molecule has 0 aromatic heterocycles. The number of amides is 1. The van der Waals surface area contributed by atoms with Crippen molar-refractivity contribution >= 4 is 5.91 Å². The Balaban J connectivity index is 3.41. The monoisotopic (exact) mass is 195 g/mol. The van der Waals surface area contributed by atoms with Crippen LogP contribution in [0.1, 0.15) is 39.5 Å². The van der Waals surface area contributed by atoms with Crippen molar-refractivity contribution in [2.75, 3.05) is 6.54 Å². The smallest absolute Gasteiger partial charge is 0.216 e. The Morgan fingerprint density at radius 3 is 2.71 bits per heavy atom. The van der Waals surface area contributed by atoms with Gasteiger partial charge in [-0.25, -0.2) is 0 Å². The minimum atomic E-state index is 0.0272. The van der Waals surface area contributed by atoms with Crippen LogP contribution in [0.25, 0.3) is 0 Å². The van der Waals surface area contributed by atoms with E-state index in [1.807, 2.05) is 0 Å². The standard InChI is InChI=1S/C12H21NO/c1-4-5-6-7-8-11(2)9-10-13-12(3)14/h6-7H,2,4-5,8-10H2,1,3H3,(H,13,14)/b7-6-. The Labute approximate surface area is 87.1 Å². The highest BCUT2D eigenvalue weighted by molar-refractivity contribution is 5.72. The van der Waals surface area contributed by atoms with Crippen molar-refractivity contribution in [2.24, 2.45) is 0 Å². The molecular formula is C12H21NO. The largest absolute Gasteiger partial charge is 0.356 e. The van der Waals surface area contributed by atoms with Gasteiger partial charge in [0.1, 0.15) is 0 Å². The molecule has 0 radical (unpaired) electrons. The molecule has 2 nitrogen and oxygen atoms in total. The molecule has 0 atom stereocenters. The number of hydrogen-bond acceptors (Lipinski definition) is 1. The van der Waals surface area contributed by atoms with Crippen molar-refractivity contribution < 1.29 is 4.79 Å². The van der Waals surface area contributed by atoms with Gasteiger partial charge in [-0.3, -0.25) is 4.79 Å². The first-order valence-electron chi connectivity index (χ1n) is 5.23. The highest BCUT2D eigenvalue weighted by Crippen LogP contribution is 2.04. The first kappa shape index (κ1) is 12.9. The summed E-state index contributed by atoms with van der Waals surface area (Å²) in [5.41, 5.74) is 1.17. The third kappa shape index (κ3) is 9.04.